The number of piperidine rings is 1. The van der Waals surface area contributed by atoms with Crippen LogP contribution in [0.5, 0.6) is 0 Å². The Morgan fingerprint density at radius 3 is 2.90 bits per heavy atom. The Labute approximate surface area is 178 Å². The zero-order valence-corrected chi connectivity index (χ0v) is 17.1. The molecule has 5 rings (SSSR count). The largest absolute Gasteiger partial charge is 0.388 e. The molecule has 1 fully saturated rings. The molecule has 1 atom stereocenters. The van der Waals surface area contributed by atoms with Crippen molar-refractivity contribution in [2.45, 2.75) is 25.4 Å². The molecule has 1 aromatic carbocycles. The number of carbonyl (C=O) groups excluding carboxylic acids is 1. The van der Waals surface area contributed by atoms with E-state index in [1.54, 1.807) is 24.4 Å². The van der Waals surface area contributed by atoms with Crippen LogP contribution in [0.2, 0.25) is 0 Å². The molecule has 0 spiro atoms. The SMILES string of the molecule is CC1(O)CCCN(c2ccc(C(=O)Nc3cc(-c4nc5ccccc5[nH]4)[nH]n3)cn2)C1. The van der Waals surface area contributed by atoms with E-state index in [0.29, 0.717) is 29.4 Å². The number of carbonyl (C=O) groups is 1. The van der Waals surface area contributed by atoms with E-state index in [4.69, 9.17) is 0 Å². The zero-order valence-electron chi connectivity index (χ0n) is 17.1. The first-order valence-corrected chi connectivity index (χ1v) is 10.2. The molecule has 0 bridgehead atoms. The van der Waals surface area contributed by atoms with Crippen LogP contribution >= 0.6 is 0 Å². The highest BCUT2D eigenvalue weighted by atomic mass is 16.3. The number of aliphatic hydroxyl groups is 1. The first-order valence-electron chi connectivity index (χ1n) is 10.2. The molecular formula is C22H23N7O2. The van der Waals surface area contributed by atoms with E-state index in [1.165, 1.54) is 0 Å². The summed E-state index contributed by atoms with van der Waals surface area (Å²) in [7, 11) is 0. The Balaban J connectivity index is 1.27. The van der Waals surface area contributed by atoms with Gasteiger partial charge in [-0.05, 0) is 44.0 Å². The van der Waals surface area contributed by atoms with Crippen LogP contribution in [0.4, 0.5) is 11.6 Å². The molecule has 0 aliphatic carbocycles. The van der Waals surface area contributed by atoms with Crippen molar-refractivity contribution in [3.63, 3.8) is 0 Å². The van der Waals surface area contributed by atoms with Gasteiger partial charge >= 0.3 is 0 Å². The van der Waals surface area contributed by atoms with Crippen molar-refractivity contribution in [2.24, 2.45) is 0 Å². The fourth-order valence-electron chi connectivity index (χ4n) is 3.90. The van der Waals surface area contributed by atoms with Crippen molar-refractivity contribution in [2.75, 3.05) is 23.3 Å². The third-order valence-electron chi connectivity index (χ3n) is 5.47. The number of hydrogen-bond donors (Lipinski definition) is 4. The number of aromatic amines is 2. The lowest BCUT2D eigenvalue weighted by Crippen LogP contribution is -2.46. The highest BCUT2D eigenvalue weighted by Gasteiger charge is 2.29. The summed E-state index contributed by atoms with van der Waals surface area (Å²) in [6, 6.07) is 13.0. The smallest absolute Gasteiger partial charge is 0.258 e. The minimum absolute atomic E-state index is 0.299. The average Bonchev–Trinajstić information content (AvgIpc) is 3.40. The van der Waals surface area contributed by atoms with Crippen molar-refractivity contribution in [1.29, 1.82) is 0 Å². The van der Waals surface area contributed by atoms with Crippen molar-refractivity contribution >= 4 is 28.6 Å². The molecule has 1 saturated heterocycles. The van der Waals surface area contributed by atoms with Crippen LogP contribution in [0.15, 0.2) is 48.7 Å². The van der Waals surface area contributed by atoms with Crippen LogP contribution in [0.1, 0.15) is 30.1 Å². The van der Waals surface area contributed by atoms with Crippen molar-refractivity contribution in [3.05, 3.63) is 54.2 Å². The van der Waals surface area contributed by atoms with Gasteiger partial charge in [-0.3, -0.25) is 9.89 Å². The fourth-order valence-corrected chi connectivity index (χ4v) is 3.90. The van der Waals surface area contributed by atoms with E-state index in [0.717, 1.165) is 36.2 Å². The summed E-state index contributed by atoms with van der Waals surface area (Å²) < 4.78 is 0. The Bertz CT molecular complexity index is 1190. The number of benzene rings is 1. The number of H-pyrrole nitrogens is 2. The molecule has 3 aromatic heterocycles. The van der Waals surface area contributed by atoms with Gasteiger partial charge in [-0.15, -0.1) is 0 Å². The van der Waals surface area contributed by atoms with E-state index in [-0.39, 0.29) is 5.91 Å². The van der Waals surface area contributed by atoms with Crippen molar-refractivity contribution in [1.82, 2.24) is 25.1 Å². The summed E-state index contributed by atoms with van der Waals surface area (Å²) in [5.74, 6) is 1.50. The fraction of sp³-hybridized carbons (Fsp3) is 0.273. The van der Waals surface area contributed by atoms with Gasteiger partial charge in [0.25, 0.3) is 5.91 Å². The lowest BCUT2D eigenvalue weighted by atomic mass is 9.95. The molecule has 158 valence electrons. The summed E-state index contributed by atoms with van der Waals surface area (Å²) in [6.45, 7) is 3.21. The number of hydrogen-bond acceptors (Lipinski definition) is 6. The number of aromatic nitrogens is 5. The number of rotatable bonds is 4. The third kappa shape index (κ3) is 3.99. The number of anilines is 2. The molecule has 1 aliphatic rings. The second-order valence-corrected chi connectivity index (χ2v) is 8.15. The quantitative estimate of drug-likeness (QED) is 0.405. The van der Waals surface area contributed by atoms with E-state index < -0.39 is 5.60 Å². The third-order valence-corrected chi connectivity index (χ3v) is 5.47. The maximum absolute atomic E-state index is 12.6. The number of imidazole rings is 1. The van der Waals surface area contributed by atoms with Crippen LogP contribution in [0.25, 0.3) is 22.6 Å². The second kappa shape index (κ2) is 7.51. The number of para-hydroxylation sites is 2. The Morgan fingerprint density at radius 2 is 2.13 bits per heavy atom. The molecule has 4 N–H and O–H groups in total. The second-order valence-electron chi connectivity index (χ2n) is 8.15. The normalized spacial score (nSPS) is 19.0. The summed E-state index contributed by atoms with van der Waals surface area (Å²) in [4.78, 5) is 26.8. The van der Waals surface area contributed by atoms with E-state index >= 15 is 0 Å². The van der Waals surface area contributed by atoms with Gasteiger partial charge in [0.05, 0.1) is 22.2 Å². The zero-order chi connectivity index (χ0) is 21.4. The molecule has 1 aliphatic heterocycles. The number of pyridine rings is 1. The summed E-state index contributed by atoms with van der Waals surface area (Å²) in [6.07, 6.45) is 3.23. The van der Waals surface area contributed by atoms with Gasteiger partial charge in [-0.1, -0.05) is 12.1 Å². The maximum atomic E-state index is 12.6. The minimum Gasteiger partial charge on any atom is -0.388 e. The van der Waals surface area contributed by atoms with Crippen molar-refractivity contribution < 1.29 is 9.90 Å². The molecule has 0 radical (unpaired) electrons. The van der Waals surface area contributed by atoms with E-state index in [1.807, 2.05) is 36.1 Å². The summed E-state index contributed by atoms with van der Waals surface area (Å²) >= 11 is 0. The molecule has 1 unspecified atom stereocenters. The predicted molar refractivity (Wildman–Crippen MR) is 118 cm³/mol. The molecule has 4 heterocycles. The number of nitrogens with zero attached hydrogens (tertiary/aromatic N) is 4. The molecule has 4 aromatic rings. The summed E-state index contributed by atoms with van der Waals surface area (Å²) in [5, 5.41) is 20.1. The number of amides is 1. The lowest BCUT2D eigenvalue weighted by molar-refractivity contribution is 0.0447. The van der Waals surface area contributed by atoms with Gasteiger partial charge in [0.2, 0.25) is 0 Å². The molecule has 31 heavy (non-hydrogen) atoms. The topological polar surface area (TPSA) is 123 Å². The highest BCUT2D eigenvalue weighted by Crippen LogP contribution is 2.25. The van der Waals surface area contributed by atoms with Gasteiger partial charge in [0, 0.05) is 25.4 Å². The van der Waals surface area contributed by atoms with Crippen LogP contribution in [0.3, 0.4) is 0 Å². The minimum atomic E-state index is -0.715. The number of β-amino-alcohol motifs (C(OH)–C–C–N with tert-alkyl or cyclic N) is 1. The molecule has 0 saturated carbocycles. The van der Waals surface area contributed by atoms with Crippen LogP contribution in [-0.4, -0.2) is 54.9 Å². The molecule has 9 nitrogen and oxygen atoms in total. The predicted octanol–water partition coefficient (Wildman–Crippen LogP) is 2.95. The number of fused-ring (bicyclic) bond motifs is 1. The van der Waals surface area contributed by atoms with Crippen LogP contribution in [-0.2, 0) is 0 Å². The Kier molecular flexibility index (Phi) is 4.67. The maximum Gasteiger partial charge on any atom is 0.258 e. The molecular weight excluding hydrogens is 394 g/mol. The van der Waals surface area contributed by atoms with Gasteiger partial charge < -0.3 is 20.3 Å². The van der Waals surface area contributed by atoms with Gasteiger partial charge in [-0.2, -0.15) is 5.10 Å². The molecule has 9 heteroatoms. The van der Waals surface area contributed by atoms with E-state index in [9.17, 15) is 9.90 Å². The highest BCUT2D eigenvalue weighted by molar-refractivity contribution is 6.03. The van der Waals surface area contributed by atoms with Gasteiger partial charge in [-0.25, -0.2) is 9.97 Å². The van der Waals surface area contributed by atoms with Crippen LogP contribution < -0.4 is 10.2 Å². The van der Waals surface area contributed by atoms with Crippen LogP contribution in [0, 0.1) is 0 Å². The standard InChI is InChI=1S/C22H23N7O2/c1-22(31)9-4-10-29(13-22)19-8-7-14(12-23-19)21(30)26-18-11-17(27-28-18)20-24-15-5-2-3-6-16(15)25-20/h2-3,5-8,11-12,31H,4,9-10,13H2,1H3,(H,24,25)(H2,26,27,28,30). The molecule has 1 amide bonds. The summed E-state index contributed by atoms with van der Waals surface area (Å²) in [5.41, 5.74) is 2.18. The Morgan fingerprint density at radius 1 is 1.26 bits per heavy atom. The first-order chi connectivity index (χ1) is 15.0. The Hall–Kier alpha value is -3.72. The van der Waals surface area contributed by atoms with E-state index in [2.05, 4.69) is 30.5 Å². The monoisotopic (exact) mass is 417 g/mol. The van der Waals surface area contributed by atoms with Gasteiger partial charge in [0.15, 0.2) is 11.6 Å². The lowest BCUT2D eigenvalue weighted by Gasteiger charge is -2.37. The average molecular weight is 417 g/mol. The number of nitrogens with one attached hydrogen (secondary N) is 3. The first kappa shape index (κ1) is 19.3. The van der Waals surface area contributed by atoms with Crippen molar-refractivity contribution in [3.8, 4) is 11.5 Å². The van der Waals surface area contributed by atoms with Gasteiger partial charge in [0.1, 0.15) is 11.5 Å².